The van der Waals surface area contributed by atoms with Gasteiger partial charge in [-0.05, 0) is 48.5 Å². The fourth-order valence-electron chi connectivity index (χ4n) is 2.23. The standard InChI is InChI=1S/C20H33NO4S2/c1-16(2)20(22)15-24-13-5-11-23-12-6-14-25-19-9-7-18(8-10-19)17(3)21-27(4)26/h7-10,16-17,21H,5-6,11-15H2,1-4H3/t17-,27?/m1/s1. The highest BCUT2D eigenvalue weighted by atomic mass is 32.8. The predicted molar refractivity (Wildman–Crippen MR) is 115 cm³/mol. The monoisotopic (exact) mass is 415 g/mol. The summed E-state index contributed by atoms with van der Waals surface area (Å²) in [5.74, 6) is 1.04. The maximum absolute atomic E-state index is 11.4. The molecular weight excluding hydrogens is 382 g/mol. The number of carbonyl (C=O) groups excluding carboxylic acids is 1. The van der Waals surface area contributed by atoms with Crippen molar-refractivity contribution in [2.24, 2.45) is 5.92 Å². The van der Waals surface area contributed by atoms with E-state index >= 15 is 0 Å². The number of ether oxygens (including phenoxy) is 3. The van der Waals surface area contributed by atoms with Crippen molar-refractivity contribution in [2.45, 2.75) is 39.7 Å². The van der Waals surface area contributed by atoms with Gasteiger partial charge in [-0.2, -0.15) is 0 Å². The molecule has 2 atom stereocenters. The Kier molecular flexibility index (Phi) is 12.7. The molecule has 7 heteroatoms. The third-order valence-corrected chi connectivity index (χ3v) is 4.86. The molecule has 0 aliphatic rings. The average Bonchev–Trinajstić information content (AvgIpc) is 2.62. The van der Waals surface area contributed by atoms with Crippen molar-refractivity contribution in [2.75, 3.05) is 39.3 Å². The minimum absolute atomic E-state index is 0.0355. The molecule has 5 nitrogen and oxygen atoms in total. The molecule has 0 heterocycles. The van der Waals surface area contributed by atoms with Crippen molar-refractivity contribution in [1.82, 2.24) is 4.72 Å². The summed E-state index contributed by atoms with van der Waals surface area (Å²) in [5, 5.41) is 0. The fourth-order valence-corrected chi connectivity index (χ4v) is 3.29. The molecule has 0 amide bonds. The molecule has 1 aromatic carbocycles. The van der Waals surface area contributed by atoms with Crippen LogP contribution < -0.4 is 9.46 Å². The Balaban J connectivity index is 2.03. The second-order valence-corrected chi connectivity index (χ2v) is 9.35. The quantitative estimate of drug-likeness (QED) is 0.443. The van der Waals surface area contributed by atoms with E-state index < -0.39 is 0 Å². The van der Waals surface area contributed by atoms with Crippen LogP contribution in [0.25, 0.3) is 0 Å². The lowest BCUT2D eigenvalue weighted by Crippen LogP contribution is -2.19. The molecule has 0 spiro atoms. The van der Waals surface area contributed by atoms with Crippen molar-refractivity contribution in [3.63, 3.8) is 0 Å². The van der Waals surface area contributed by atoms with Crippen LogP contribution in [0.1, 0.15) is 45.2 Å². The lowest BCUT2D eigenvalue weighted by molar-refractivity contribution is -0.126. The first-order valence-electron chi connectivity index (χ1n) is 9.40. The summed E-state index contributed by atoms with van der Waals surface area (Å²) in [7, 11) is -0.202. The topological polar surface area (TPSA) is 56.8 Å². The van der Waals surface area contributed by atoms with Gasteiger partial charge in [0.05, 0.1) is 6.61 Å². The van der Waals surface area contributed by atoms with Crippen LogP contribution in [0.4, 0.5) is 0 Å². The van der Waals surface area contributed by atoms with E-state index in [1.165, 1.54) is 5.56 Å². The number of Topliss-reactive ketones (excluding diaryl/α,β-unsaturated/α-hetero) is 1. The largest absolute Gasteiger partial charge is 0.494 e. The van der Waals surface area contributed by atoms with E-state index in [4.69, 9.17) is 25.4 Å². The van der Waals surface area contributed by atoms with Crippen LogP contribution in [0.5, 0.6) is 5.75 Å². The predicted octanol–water partition coefficient (Wildman–Crippen LogP) is 3.38. The van der Waals surface area contributed by atoms with E-state index in [1.807, 2.05) is 32.2 Å². The maximum Gasteiger partial charge on any atom is 0.160 e. The molecule has 0 aliphatic carbocycles. The van der Waals surface area contributed by atoms with Gasteiger partial charge in [-0.3, -0.25) is 9.52 Å². The molecule has 0 saturated heterocycles. The van der Waals surface area contributed by atoms with Crippen LogP contribution in [0, 0.1) is 5.92 Å². The summed E-state index contributed by atoms with van der Waals surface area (Å²) in [5.41, 5.74) is 1.20. The van der Waals surface area contributed by atoms with Gasteiger partial charge in [-0.25, -0.2) is 0 Å². The highest BCUT2D eigenvalue weighted by molar-refractivity contribution is 8.27. The van der Waals surface area contributed by atoms with Gasteiger partial charge in [0.15, 0.2) is 5.78 Å². The zero-order valence-electron chi connectivity index (χ0n) is 16.9. The zero-order chi connectivity index (χ0) is 20.1. The van der Waals surface area contributed by atoms with Gasteiger partial charge in [0.25, 0.3) is 0 Å². The first-order chi connectivity index (χ1) is 12.9. The number of nitrogens with one attached hydrogen (secondary N) is 1. The van der Waals surface area contributed by atoms with Crippen LogP contribution in [-0.2, 0) is 35.1 Å². The highest BCUT2D eigenvalue weighted by Gasteiger charge is 2.06. The van der Waals surface area contributed by atoms with Crippen molar-refractivity contribution in [1.29, 1.82) is 0 Å². The van der Waals surface area contributed by atoms with Crippen LogP contribution in [0.15, 0.2) is 24.3 Å². The molecule has 0 aliphatic heterocycles. The Hall–Kier alpha value is -0.860. The summed E-state index contributed by atoms with van der Waals surface area (Å²) in [4.78, 5) is 11.4. The Morgan fingerprint density at radius 2 is 1.63 bits per heavy atom. The third-order valence-electron chi connectivity index (χ3n) is 3.89. The third kappa shape index (κ3) is 11.5. The number of benzene rings is 1. The highest BCUT2D eigenvalue weighted by Crippen LogP contribution is 2.18. The van der Waals surface area contributed by atoms with Gasteiger partial charge in [-0.1, -0.05) is 35.6 Å². The molecule has 0 saturated carbocycles. The van der Waals surface area contributed by atoms with E-state index in [0.29, 0.717) is 26.4 Å². The minimum atomic E-state index is -0.202. The van der Waals surface area contributed by atoms with E-state index in [2.05, 4.69) is 23.8 Å². The maximum atomic E-state index is 11.4. The second-order valence-electron chi connectivity index (χ2n) is 6.70. The molecule has 0 radical (unpaired) electrons. The van der Waals surface area contributed by atoms with Crippen molar-refractivity contribution >= 4 is 26.6 Å². The van der Waals surface area contributed by atoms with Gasteiger partial charge < -0.3 is 14.2 Å². The van der Waals surface area contributed by atoms with Gasteiger partial charge in [0.1, 0.15) is 12.4 Å². The Morgan fingerprint density at radius 3 is 2.22 bits per heavy atom. The molecule has 0 aromatic heterocycles. The number of hydrogen-bond donors (Lipinski definition) is 1. The van der Waals surface area contributed by atoms with E-state index in [-0.39, 0.29) is 34.0 Å². The number of hydrogen-bond acceptors (Lipinski definition) is 5. The minimum Gasteiger partial charge on any atom is -0.494 e. The van der Waals surface area contributed by atoms with Crippen molar-refractivity contribution in [3.8, 4) is 5.75 Å². The first-order valence-corrected chi connectivity index (χ1v) is 12.0. The number of rotatable bonds is 15. The van der Waals surface area contributed by atoms with Crippen molar-refractivity contribution in [3.05, 3.63) is 29.8 Å². The molecule has 27 heavy (non-hydrogen) atoms. The molecule has 0 bridgehead atoms. The molecule has 1 aromatic rings. The SMILES string of the molecule is CC(C)C(=O)COCCCOCCCOc1ccc([C@@H](C)NS(C)=S)cc1. The summed E-state index contributed by atoms with van der Waals surface area (Å²) in [6.07, 6.45) is 3.62. The Bertz CT molecular complexity index is 564. The molecule has 1 N–H and O–H groups in total. The fraction of sp³-hybridized carbons (Fsp3) is 0.650. The van der Waals surface area contributed by atoms with Crippen LogP contribution in [0.2, 0.25) is 0 Å². The van der Waals surface area contributed by atoms with Gasteiger partial charge in [-0.15, -0.1) is 0 Å². The molecule has 0 fully saturated rings. The van der Waals surface area contributed by atoms with E-state index in [1.54, 1.807) is 0 Å². The van der Waals surface area contributed by atoms with E-state index in [0.717, 1.165) is 18.6 Å². The average molecular weight is 416 g/mol. The zero-order valence-corrected chi connectivity index (χ0v) is 18.5. The summed E-state index contributed by atoms with van der Waals surface area (Å²) < 4.78 is 19.9. The summed E-state index contributed by atoms with van der Waals surface area (Å²) >= 11 is 5.18. The molecular formula is C20H33NO4S2. The lowest BCUT2D eigenvalue weighted by atomic mass is 10.1. The molecule has 1 rings (SSSR count). The normalized spacial score (nSPS) is 13.5. The first kappa shape index (κ1) is 24.2. The van der Waals surface area contributed by atoms with Crippen molar-refractivity contribution < 1.29 is 19.0 Å². The second kappa shape index (κ2) is 14.2. The Morgan fingerprint density at radius 1 is 1.04 bits per heavy atom. The van der Waals surface area contributed by atoms with Gasteiger partial charge in [0.2, 0.25) is 0 Å². The lowest BCUT2D eigenvalue weighted by Gasteiger charge is -2.14. The molecule has 1 unspecified atom stereocenters. The molecule has 154 valence electrons. The summed E-state index contributed by atoms with van der Waals surface area (Å²) in [6, 6.07) is 8.35. The van der Waals surface area contributed by atoms with Gasteiger partial charge >= 0.3 is 0 Å². The van der Waals surface area contributed by atoms with Crippen LogP contribution >= 0.6 is 0 Å². The van der Waals surface area contributed by atoms with E-state index in [9.17, 15) is 4.79 Å². The van der Waals surface area contributed by atoms with Gasteiger partial charge in [0, 0.05) is 38.2 Å². The number of carbonyl (C=O) groups is 1. The smallest absolute Gasteiger partial charge is 0.160 e. The van der Waals surface area contributed by atoms with Crippen LogP contribution in [0.3, 0.4) is 0 Å². The Labute approximate surface area is 170 Å². The van der Waals surface area contributed by atoms with Crippen LogP contribution in [-0.4, -0.2) is 45.1 Å². The number of ketones is 1. The summed E-state index contributed by atoms with van der Waals surface area (Å²) in [6.45, 7) is 8.54.